The molecule has 0 aliphatic carbocycles. The average molecular weight is 289 g/mol. The molecular weight excluding hydrogens is 287 g/mol. The van der Waals surface area contributed by atoms with Crippen LogP contribution in [0.1, 0.15) is 0 Å². The Bertz CT molecular complexity index is 8.00. The molecule has 0 rings (SSSR count). The SMILES string of the molecule is O.[Fe+3].[Fe+3].[Fe].[Fe].[O-2].[O-2].[O-2]. The van der Waals surface area contributed by atoms with Crippen molar-refractivity contribution in [2.24, 2.45) is 0 Å². The molecule has 0 aliphatic rings. The van der Waals surface area contributed by atoms with E-state index in [2.05, 4.69) is 0 Å². The molecule has 0 unspecified atom stereocenters. The predicted octanol–water partition coefficient (Wildman–Crippen LogP) is -1.19. The summed E-state index contributed by atoms with van der Waals surface area (Å²) < 4.78 is 0. The Hall–Kier alpha value is 1.92. The van der Waals surface area contributed by atoms with Gasteiger partial charge in [0.1, 0.15) is 0 Å². The zero-order chi connectivity index (χ0) is 0. The van der Waals surface area contributed by atoms with E-state index in [0.717, 1.165) is 0 Å². The first-order chi connectivity index (χ1) is 0. The van der Waals surface area contributed by atoms with Crippen LogP contribution in [0, 0.1) is 0 Å². The Balaban J connectivity index is 0. The van der Waals surface area contributed by atoms with Gasteiger partial charge in [-0.1, -0.05) is 0 Å². The Labute approximate surface area is 89.7 Å². The molecule has 0 saturated heterocycles. The van der Waals surface area contributed by atoms with Gasteiger partial charge < -0.3 is 21.9 Å². The minimum absolute atomic E-state index is 0. The van der Waals surface area contributed by atoms with Gasteiger partial charge in [-0.2, -0.15) is 0 Å². The number of hydrogen-bond donors (Lipinski definition) is 0. The van der Waals surface area contributed by atoms with E-state index < -0.39 is 0 Å². The smallest absolute Gasteiger partial charge is 2.00 e. The Morgan fingerprint density at radius 2 is 0.500 bits per heavy atom. The Morgan fingerprint density at radius 3 is 0.500 bits per heavy atom. The monoisotopic (exact) mass is 290 g/mol. The van der Waals surface area contributed by atoms with Gasteiger partial charge in [0, 0.05) is 34.1 Å². The van der Waals surface area contributed by atoms with Crippen molar-refractivity contribution in [1.82, 2.24) is 0 Å². The van der Waals surface area contributed by atoms with E-state index >= 15 is 0 Å². The van der Waals surface area contributed by atoms with Crippen LogP contribution in [-0.4, -0.2) is 5.48 Å². The molecule has 58 valence electrons. The molecule has 4 nitrogen and oxygen atoms in total. The third-order valence-corrected chi connectivity index (χ3v) is 0. The molecule has 0 amide bonds. The summed E-state index contributed by atoms with van der Waals surface area (Å²) in [6, 6.07) is 0. The standard InChI is InChI=1S/4Fe.H2O.3O/h;;;;1H2;;;/q;;2*+3;;3*-2. The molecule has 0 bridgehead atoms. The summed E-state index contributed by atoms with van der Waals surface area (Å²) >= 11 is 0. The first-order valence-electron chi connectivity index (χ1n) is 0. The summed E-state index contributed by atoms with van der Waals surface area (Å²) in [6.07, 6.45) is 0. The fraction of sp³-hybridized carbons (Fsp3) is 0. The predicted molar refractivity (Wildman–Crippen MR) is 5.67 cm³/mol. The number of rotatable bonds is 0. The van der Waals surface area contributed by atoms with E-state index in [4.69, 9.17) is 0 Å². The first kappa shape index (κ1) is 214. The third-order valence-electron chi connectivity index (χ3n) is 0. The molecule has 0 fully saturated rings. The van der Waals surface area contributed by atoms with Crippen molar-refractivity contribution in [3.05, 3.63) is 0 Å². The minimum Gasteiger partial charge on any atom is -2.00 e. The van der Waals surface area contributed by atoms with Crippen LogP contribution in [0.3, 0.4) is 0 Å². The van der Waals surface area contributed by atoms with E-state index in [-0.39, 0.29) is 90.2 Å². The summed E-state index contributed by atoms with van der Waals surface area (Å²) in [5.41, 5.74) is 0. The van der Waals surface area contributed by atoms with E-state index in [9.17, 15) is 0 Å². The van der Waals surface area contributed by atoms with Gasteiger partial charge in [-0.05, 0) is 0 Å². The van der Waals surface area contributed by atoms with Crippen molar-refractivity contribution in [3.8, 4) is 0 Å². The van der Waals surface area contributed by atoms with E-state index in [0.29, 0.717) is 0 Å². The molecule has 0 aromatic rings. The molecule has 0 atom stereocenters. The fourth-order valence-electron chi connectivity index (χ4n) is 0. The summed E-state index contributed by atoms with van der Waals surface area (Å²) in [4.78, 5) is 0. The van der Waals surface area contributed by atoms with Crippen LogP contribution in [0.25, 0.3) is 0 Å². The summed E-state index contributed by atoms with van der Waals surface area (Å²) in [6.45, 7) is 0. The maximum atomic E-state index is 0. The molecule has 0 spiro atoms. The van der Waals surface area contributed by atoms with Crippen LogP contribution in [0.2, 0.25) is 0 Å². The topological polar surface area (TPSA) is 117 Å². The molecule has 0 heterocycles. The van der Waals surface area contributed by atoms with Crippen LogP contribution < -0.4 is 0 Å². The summed E-state index contributed by atoms with van der Waals surface area (Å²) in [5.74, 6) is 0. The van der Waals surface area contributed by atoms with Crippen molar-refractivity contribution >= 4 is 0 Å². The van der Waals surface area contributed by atoms with E-state index in [1.807, 2.05) is 0 Å². The van der Waals surface area contributed by atoms with Gasteiger partial charge in [0.25, 0.3) is 0 Å². The minimum atomic E-state index is 0. The first-order valence-corrected chi connectivity index (χ1v) is 0. The second-order valence-corrected chi connectivity index (χ2v) is 0. The van der Waals surface area contributed by atoms with Gasteiger partial charge in [-0.25, -0.2) is 0 Å². The molecule has 8 heteroatoms. The van der Waals surface area contributed by atoms with Crippen LogP contribution in [0.5, 0.6) is 0 Å². The van der Waals surface area contributed by atoms with Gasteiger partial charge in [0.05, 0.1) is 0 Å². The maximum absolute atomic E-state index is 0. The van der Waals surface area contributed by atoms with Crippen molar-refractivity contribution in [3.63, 3.8) is 0 Å². The molecule has 0 aliphatic heterocycles. The summed E-state index contributed by atoms with van der Waals surface area (Å²) in [7, 11) is 0. The van der Waals surface area contributed by atoms with Crippen LogP contribution >= 0.6 is 0 Å². The van der Waals surface area contributed by atoms with Crippen molar-refractivity contribution in [2.45, 2.75) is 0 Å². The van der Waals surface area contributed by atoms with Crippen LogP contribution in [0.15, 0.2) is 0 Å². The molecule has 2 radical (unpaired) electrons. The second kappa shape index (κ2) is 152. The zero-order valence-corrected chi connectivity index (χ0v) is 7.56. The molecule has 8 heavy (non-hydrogen) atoms. The second-order valence-electron chi connectivity index (χ2n) is 0. The van der Waals surface area contributed by atoms with Gasteiger partial charge in [-0.3, -0.25) is 0 Å². The molecular formula is H2Fe4O4. The fourth-order valence-corrected chi connectivity index (χ4v) is 0. The third kappa shape index (κ3) is 103. The molecule has 0 aromatic carbocycles. The van der Waals surface area contributed by atoms with Crippen LogP contribution in [0.4, 0.5) is 0 Å². The van der Waals surface area contributed by atoms with Crippen molar-refractivity contribution in [1.29, 1.82) is 0 Å². The van der Waals surface area contributed by atoms with E-state index in [1.165, 1.54) is 0 Å². The van der Waals surface area contributed by atoms with Gasteiger partial charge >= 0.3 is 34.1 Å². The van der Waals surface area contributed by atoms with Gasteiger partial charge in [0.2, 0.25) is 0 Å². The molecule has 2 N–H and O–H groups in total. The van der Waals surface area contributed by atoms with Gasteiger partial charge in [-0.15, -0.1) is 0 Å². The normalized spacial score (nSPS) is 0. The maximum Gasteiger partial charge on any atom is 3.00 e. The molecule has 0 saturated carbocycles. The van der Waals surface area contributed by atoms with Crippen molar-refractivity contribution in [2.75, 3.05) is 0 Å². The van der Waals surface area contributed by atoms with Gasteiger partial charge in [0.15, 0.2) is 0 Å². The largest absolute Gasteiger partial charge is 3.00 e. The molecule has 0 aromatic heterocycles. The summed E-state index contributed by atoms with van der Waals surface area (Å²) in [5, 5.41) is 0. The van der Waals surface area contributed by atoms with Crippen molar-refractivity contribution < 1.29 is 90.2 Å². The van der Waals surface area contributed by atoms with Crippen LogP contribution in [-0.2, 0) is 84.7 Å². The Kier molecular flexibility index (Phi) is 4070. The zero-order valence-electron chi connectivity index (χ0n) is 3.14. The average Bonchev–Trinajstić information content (AvgIpc) is 0. The number of hydrogen-bond acceptors (Lipinski definition) is 0. The quantitative estimate of drug-likeness (QED) is 0.499. The Morgan fingerprint density at radius 1 is 0.500 bits per heavy atom. The van der Waals surface area contributed by atoms with E-state index in [1.54, 1.807) is 0 Å².